The molecular weight excluding hydrogens is 402 g/mol. The molecule has 5 rings (SSSR count). The fourth-order valence-electron chi connectivity index (χ4n) is 4.57. The summed E-state index contributed by atoms with van der Waals surface area (Å²) < 4.78 is 5.39. The second-order valence-corrected chi connectivity index (χ2v) is 8.64. The summed E-state index contributed by atoms with van der Waals surface area (Å²) in [6.07, 6.45) is 7.87. The predicted octanol–water partition coefficient (Wildman–Crippen LogP) is 8.13. The molecule has 0 N–H and O–H groups in total. The van der Waals surface area contributed by atoms with Gasteiger partial charge < -0.3 is 9.64 Å². The Labute approximate surface area is 196 Å². The zero-order chi connectivity index (χ0) is 22.6. The van der Waals surface area contributed by atoms with Crippen molar-refractivity contribution in [1.82, 2.24) is 0 Å². The van der Waals surface area contributed by atoms with Gasteiger partial charge in [0.15, 0.2) is 0 Å². The summed E-state index contributed by atoms with van der Waals surface area (Å²) in [5.74, 6) is 0.869. The molecule has 0 atom stereocenters. The Kier molecular flexibility index (Phi) is 5.99. The summed E-state index contributed by atoms with van der Waals surface area (Å²) in [4.78, 5) is 2.37. The maximum absolute atomic E-state index is 5.39. The molecule has 0 amide bonds. The van der Waals surface area contributed by atoms with Gasteiger partial charge in [-0.3, -0.25) is 0 Å². The van der Waals surface area contributed by atoms with Crippen molar-refractivity contribution in [3.05, 3.63) is 119 Å². The van der Waals surface area contributed by atoms with Crippen molar-refractivity contribution < 1.29 is 4.74 Å². The van der Waals surface area contributed by atoms with Crippen molar-refractivity contribution in [3.8, 4) is 5.75 Å². The topological polar surface area (TPSA) is 12.5 Å². The first-order valence-electron chi connectivity index (χ1n) is 11.6. The first-order valence-corrected chi connectivity index (χ1v) is 11.6. The highest BCUT2D eigenvalue weighted by atomic mass is 16.5. The maximum atomic E-state index is 5.39. The Balaban J connectivity index is 1.50. The van der Waals surface area contributed by atoms with Crippen molar-refractivity contribution in [2.45, 2.75) is 26.2 Å². The Bertz CT molecular complexity index is 1250. The Morgan fingerprint density at radius 1 is 0.697 bits per heavy atom. The van der Waals surface area contributed by atoms with Crippen LogP contribution in [0.25, 0.3) is 12.2 Å². The summed E-state index contributed by atoms with van der Waals surface area (Å²) in [6, 6.07) is 32.5. The van der Waals surface area contributed by atoms with Crippen LogP contribution in [0.4, 0.5) is 17.1 Å². The number of hydrogen-bond acceptors (Lipinski definition) is 2. The summed E-state index contributed by atoms with van der Waals surface area (Å²) >= 11 is 0. The smallest absolute Gasteiger partial charge is 0.119 e. The molecule has 0 unspecified atom stereocenters. The minimum Gasteiger partial charge on any atom is -0.497 e. The van der Waals surface area contributed by atoms with E-state index in [2.05, 4.69) is 103 Å². The van der Waals surface area contributed by atoms with Crippen LogP contribution in [0.5, 0.6) is 5.75 Å². The summed E-state index contributed by atoms with van der Waals surface area (Å²) in [6.45, 7) is 2.11. The minimum atomic E-state index is 0.869. The van der Waals surface area contributed by atoms with E-state index in [1.807, 2.05) is 12.1 Å². The monoisotopic (exact) mass is 431 g/mol. The molecule has 2 nitrogen and oxygen atoms in total. The lowest BCUT2D eigenvalue weighted by Gasteiger charge is -2.28. The second-order valence-electron chi connectivity index (χ2n) is 8.64. The Morgan fingerprint density at radius 3 is 1.94 bits per heavy atom. The Hall–Kier alpha value is -3.78. The van der Waals surface area contributed by atoms with Gasteiger partial charge in [0.2, 0.25) is 0 Å². The van der Waals surface area contributed by atoms with Gasteiger partial charge in [-0.05, 0) is 90.9 Å². The molecule has 0 fully saturated rings. The number of anilines is 3. The molecule has 0 spiro atoms. The van der Waals surface area contributed by atoms with Gasteiger partial charge in [-0.2, -0.15) is 0 Å². The summed E-state index contributed by atoms with van der Waals surface area (Å²) in [7, 11) is 1.71. The van der Waals surface area contributed by atoms with Crippen molar-refractivity contribution >= 4 is 29.2 Å². The second kappa shape index (κ2) is 9.38. The van der Waals surface area contributed by atoms with E-state index in [0.29, 0.717) is 0 Å². The molecular formula is C31H29NO. The first kappa shape index (κ1) is 21.1. The van der Waals surface area contributed by atoms with E-state index in [0.717, 1.165) is 23.5 Å². The van der Waals surface area contributed by atoms with E-state index in [1.54, 1.807) is 7.11 Å². The number of aryl methyl sites for hydroxylation is 2. The Morgan fingerprint density at radius 2 is 1.30 bits per heavy atom. The number of benzene rings is 4. The normalized spacial score (nSPS) is 12.7. The van der Waals surface area contributed by atoms with E-state index in [4.69, 9.17) is 4.74 Å². The van der Waals surface area contributed by atoms with Crippen LogP contribution in [0.2, 0.25) is 0 Å². The third-order valence-electron chi connectivity index (χ3n) is 6.39. The number of ether oxygens (including phenoxy) is 1. The van der Waals surface area contributed by atoms with Crippen LogP contribution in [-0.4, -0.2) is 7.11 Å². The molecule has 0 heterocycles. The number of methoxy groups -OCH3 is 1. The zero-order valence-electron chi connectivity index (χ0n) is 19.3. The predicted molar refractivity (Wildman–Crippen MR) is 140 cm³/mol. The van der Waals surface area contributed by atoms with Gasteiger partial charge in [-0.15, -0.1) is 0 Å². The van der Waals surface area contributed by atoms with Crippen LogP contribution in [0.3, 0.4) is 0 Å². The van der Waals surface area contributed by atoms with Crippen molar-refractivity contribution in [2.24, 2.45) is 0 Å². The molecule has 0 saturated heterocycles. The van der Waals surface area contributed by atoms with Crippen LogP contribution in [0.15, 0.2) is 91.0 Å². The van der Waals surface area contributed by atoms with E-state index in [1.165, 1.54) is 46.3 Å². The van der Waals surface area contributed by atoms with Gasteiger partial charge >= 0.3 is 0 Å². The van der Waals surface area contributed by atoms with Crippen LogP contribution in [0.1, 0.15) is 34.2 Å². The van der Waals surface area contributed by atoms with Crippen LogP contribution < -0.4 is 9.64 Å². The SMILES string of the molecule is COc1ccc(N(c2ccc(C=Cc3ccc(C)cc3)cc2)c2cccc3c2CCC3)cc1. The molecule has 4 aromatic rings. The molecule has 0 saturated carbocycles. The van der Waals surface area contributed by atoms with Gasteiger partial charge in [-0.1, -0.05) is 66.2 Å². The molecule has 0 aromatic heterocycles. The number of rotatable bonds is 6. The van der Waals surface area contributed by atoms with E-state index in [9.17, 15) is 0 Å². The summed E-state index contributed by atoms with van der Waals surface area (Å²) in [5, 5.41) is 0. The van der Waals surface area contributed by atoms with E-state index in [-0.39, 0.29) is 0 Å². The third-order valence-corrected chi connectivity index (χ3v) is 6.39. The number of nitrogens with zero attached hydrogens (tertiary/aromatic N) is 1. The van der Waals surface area contributed by atoms with Crippen molar-refractivity contribution in [1.29, 1.82) is 0 Å². The fourth-order valence-corrected chi connectivity index (χ4v) is 4.57. The molecule has 0 aliphatic heterocycles. The van der Waals surface area contributed by atoms with Gasteiger partial charge in [-0.25, -0.2) is 0 Å². The first-order chi connectivity index (χ1) is 16.2. The minimum absolute atomic E-state index is 0.869. The van der Waals surface area contributed by atoms with Gasteiger partial charge in [0.1, 0.15) is 5.75 Å². The van der Waals surface area contributed by atoms with Crippen LogP contribution in [-0.2, 0) is 12.8 Å². The largest absolute Gasteiger partial charge is 0.497 e. The van der Waals surface area contributed by atoms with Crippen LogP contribution in [0, 0.1) is 6.92 Å². The molecule has 4 aromatic carbocycles. The average Bonchev–Trinajstić information content (AvgIpc) is 3.35. The van der Waals surface area contributed by atoms with E-state index >= 15 is 0 Å². The highest BCUT2D eigenvalue weighted by Gasteiger charge is 2.21. The average molecular weight is 432 g/mol. The maximum Gasteiger partial charge on any atom is 0.119 e. The number of hydrogen-bond donors (Lipinski definition) is 0. The summed E-state index contributed by atoms with van der Waals surface area (Å²) in [5.41, 5.74) is 10.2. The molecule has 164 valence electrons. The molecule has 1 aliphatic carbocycles. The molecule has 1 aliphatic rings. The van der Waals surface area contributed by atoms with Gasteiger partial charge in [0.05, 0.1) is 7.11 Å². The highest BCUT2D eigenvalue weighted by Crippen LogP contribution is 2.40. The molecule has 33 heavy (non-hydrogen) atoms. The fraction of sp³-hybridized carbons (Fsp3) is 0.161. The van der Waals surface area contributed by atoms with E-state index < -0.39 is 0 Å². The van der Waals surface area contributed by atoms with Crippen molar-refractivity contribution in [3.63, 3.8) is 0 Å². The van der Waals surface area contributed by atoms with Gasteiger partial charge in [0.25, 0.3) is 0 Å². The lowest BCUT2D eigenvalue weighted by Crippen LogP contribution is -2.12. The quantitative estimate of drug-likeness (QED) is 0.286. The molecule has 0 bridgehead atoms. The lowest BCUT2D eigenvalue weighted by molar-refractivity contribution is 0.415. The zero-order valence-corrected chi connectivity index (χ0v) is 19.3. The highest BCUT2D eigenvalue weighted by molar-refractivity contribution is 5.80. The van der Waals surface area contributed by atoms with Crippen LogP contribution >= 0.6 is 0 Å². The number of fused-ring (bicyclic) bond motifs is 1. The standard InChI is InChI=1S/C31H29NO/c1-23-9-11-24(12-10-23)13-14-25-15-17-27(18-16-25)32(28-19-21-29(33-2)22-20-28)31-8-4-6-26-5-3-7-30(26)31/h4,6,8-22H,3,5,7H2,1-2H3. The lowest BCUT2D eigenvalue weighted by atomic mass is 10.0. The van der Waals surface area contributed by atoms with Gasteiger partial charge in [0, 0.05) is 17.1 Å². The molecule has 0 radical (unpaired) electrons. The van der Waals surface area contributed by atoms with Crippen molar-refractivity contribution in [2.75, 3.05) is 12.0 Å². The molecule has 2 heteroatoms. The third kappa shape index (κ3) is 4.56.